The van der Waals surface area contributed by atoms with E-state index in [9.17, 15) is 23.7 Å². The number of amides is 1. The molecule has 0 aromatic heterocycles. The second-order valence-corrected chi connectivity index (χ2v) is 7.21. The second kappa shape index (κ2) is 7.14. The standard InChI is InChI=1S/C21H18F2N2O3/c22-16-8-9-18(23)17(11-16)15-10-19(13-4-2-1-3-5-13)24(12-15)21(26)20(25(27)28)14-6-7-14/h1-5,8-11,14,19-20H,6-7,12H2/t19-,20?/m0/s1. The van der Waals surface area contributed by atoms with Crippen molar-refractivity contribution in [2.75, 3.05) is 6.54 Å². The van der Waals surface area contributed by atoms with E-state index < -0.39 is 34.5 Å². The summed E-state index contributed by atoms with van der Waals surface area (Å²) >= 11 is 0. The molecule has 7 heteroatoms. The molecule has 0 radical (unpaired) electrons. The third-order valence-corrected chi connectivity index (χ3v) is 5.28. The molecule has 0 N–H and O–H groups in total. The molecular weight excluding hydrogens is 366 g/mol. The maximum Gasteiger partial charge on any atom is 0.298 e. The molecule has 1 amide bonds. The van der Waals surface area contributed by atoms with Crippen LogP contribution in [0.15, 0.2) is 54.6 Å². The first-order valence-electron chi connectivity index (χ1n) is 9.10. The predicted octanol–water partition coefficient (Wildman–Crippen LogP) is 3.99. The van der Waals surface area contributed by atoms with Crippen LogP contribution in [0, 0.1) is 27.7 Å². The Labute approximate surface area is 160 Å². The zero-order chi connectivity index (χ0) is 19.8. The number of rotatable bonds is 5. The lowest BCUT2D eigenvalue weighted by atomic mass is 10.0. The smallest absolute Gasteiger partial charge is 0.298 e. The molecule has 4 rings (SSSR count). The summed E-state index contributed by atoms with van der Waals surface area (Å²) in [5, 5.41) is 11.5. The van der Waals surface area contributed by atoms with Crippen LogP contribution in [0.25, 0.3) is 5.57 Å². The Morgan fingerprint density at radius 1 is 1.14 bits per heavy atom. The molecule has 1 aliphatic carbocycles. The molecule has 1 saturated carbocycles. The Bertz CT molecular complexity index is 957. The van der Waals surface area contributed by atoms with E-state index in [2.05, 4.69) is 0 Å². The molecule has 0 bridgehead atoms. The highest BCUT2D eigenvalue weighted by atomic mass is 19.1. The van der Waals surface area contributed by atoms with E-state index in [1.165, 1.54) is 4.90 Å². The number of nitro groups is 1. The molecule has 1 heterocycles. The summed E-state index contributed by atoms with van der Waals surface area (Å²) in [6.07, 6.45) is 3.00. The van der Waals surface area contributed by atoms with E-state index in [0.717, 1.165) is 23.8 Å². The van der Waals surface area contributed by atoms with Gasteiger partial charge in [-0.2, -0.15) is 0 Å². The Morgan fingerprint density at radius 3 is 2.50 bits per heavy atom. The van der Waals surface area contributed by atoms with Crippen molar-refractivity contribution in [2.45, 2.75) is 24.9 Å². The van der Waals surface area contributed by atoms with Gasteiger partial charge in [0.15, 0.2) is 0 Å². The summed E-state index contributed by atoms with van der Waals surface area (Å²) in [7, 11) is 0. The summed E-state index contributed by atoms with van der Waals surface area (Å²) in [5.74, 6) is -2.01. The number of benzene rings is 2. The third kappa shape index (κ3) is 3.40. The van der Waals surface area contributed by atoms with Gasteiger partial charge in [0.2, 0.25) is 0 Å². The average molecular weight is 384 g/mol. The molecule has 5 nitrogen and oxygen atoms in total. The predicted molar refractivity (Wildman–Crippen MR) is 98.7 cm³/mol. The summed E-state index contributed by atoms with van der Waals surface area (Å²) in [4.78, 5) is 25.4. The van der Waals surface area contributed by atoms with E-state index in [0.29, 0.717) is 18.4 Å². The highest BCUT2D eigenvalue weighted by molar-refractivity contribution is 5.86. The lowest BCUT2D eigenvalue weighted by Crippen LogP contribution is -2.44. The molecule has 2 aliphatic rings. The van der Waals surface area contributed by atoms with Gasteiger partial charge in [0.05, 0.1) is 6.04 Å². The van der Waals surface area contributed by atoms with Gasteiger partial charge in [-0.3, -0.25) is 14.9 Å². The van der Waals surface area contributed by atoms with Crippen molar-refractivity contribution >= 4 is 11.5 Å². The summed E-state index contributed by atoms with van der Waals surface area (Å²) in [6.45, 7) is -0.00414. The fourth-order valence-corrected chi connectivity index (χ4v) is 3.72. The summed E-state index contributed by atoms with van der Waals surface area (Å²) in [5.41, 5.74) is 1.28. The molecule has 28 heavy (non-hydrogen) atoms. The van der Waals surface area contributed by atoms with Gasteiger partial charge >= 0.3 is 0 Å². The monoisotopic (exact) mass is 384 g/mol. The largest absolute Gasteiger partial charge is 0.322 e. The number of nitrogens with zero attached hydrogens (tertiary/aromatic N) is 2. The summed E-state index contributed by atoms with van der Waals surface area (Å²) in [6, 6.07) is 10.4. The zero-order valence-corrected chi connectivity index (χ0v) is 14.9. The highest BCUT2D eigenvalue weighted by Gasteiger charge is 2.49. The third-order valence-electron chi connectivity index (χ3n) is 5.28. The lowest BCUT2D eigenvalue weighted by Gasteiger charge is -2.26. The minimum absolute atomic E-state index is 0.00414. The van der Waals surface area contributed by atoms with Crippen LogP contribution < -0.4 is 0 Å². The van der Waals surface area contributed by atoms with Crippen LogP contribution in [0.1, 0.15) is 30.0 Å². The minimum Gasteiger partial charge on any atom is -0.322 e. The van der Waals surface area contributed by atoms with E-state index in [-0.39, 0.29) is 18.0 Å². The molecule has 2 atom stereocenters. The number of carbonyl (C=O) groups is 1. The van der Waals surface area contributed by atoms with Gasteiger partial charge < -0.3 is 4.90 Å². The van der Waals surface area contributed by atoms with Crippen LogP contribution >= 0.6 is 0 Å². The van der Waals surface area contributed by atoms with Crippen LogP contribution in [-0.4, -0.2) is 28.3 Å². The van der Waals surface area contributed by atoms with Gasteiger partial charge in [-0.05, 0) is 42.2 Å². The Kier molecular flexibility index (Phi) is 4.66. The zero-order valence-electron chi connectivity index (χ0n) is 14.9. The maximum absolute atomic E-state index is 14.3. The topological polar surface area (TPSA) is 63.4 Å². The fourth-order valence-electron chi connectivity index (χ4n) is 3.72. The van der Waals surface area contributed by atoms with Crippen LogP contribution in [0.4, 0.5) is 8.78 Å². The first-order chi connectivity index (χ1) is 13.5. The molecule has 1 unspecified atom stereocenters. The SMILES string of the molecule is O=C(C(C1CC1)[N+](=O)[O-])N1CC(c2cc(F)ccc2F)=C[C@H]1c1ccccc1. The molecule has 2 aromatic carbocycles. The van der Waals surface area contributed by atoms with Gasteiger partial charge in [0, 0.05) is 22.9 Å². The van der Waals surface area contributed by atoms with Gasteiger partial charge in [-0.1, -0.05) is 36.4 Å². The summed E-state index contributed by atoms with van der Waals surface area (Å²) < 4.78 is 27.9. The van der Waals surface area contributed by atoms with Crippen LogP contribution in [0.2, 0.25) is 0 Å². The second-order valence-electron chi connectivity index (χ2n) is 7.21. The van der Waals surface area contributed by atoms with Gasteiger partial charge in [-0.15, -0.1) is 0 Å². The van der Waals surface area contributed by atoms with Crippen LogP contribution in [0.3, 0.4) is 0 Å². The Morgan fingerprint density at radius 2 is 1.86 bits per heavy atom. The van der Waals surface area contributed by atoms with Crippen molar-refractivity contribution in [1.82, 2.24) is 4.90 Å². The molecule has 2 aromatic rings. The van der Waals surface area contributed by atoms with Gasteiger partial charge in [-0.25, -0.2) is 8.78 Å². The van der Waals surface area contributed by atoms with E-state index in [4.69, 9.17) is 0 Å². The van der Waals surface area contributed by atoms with Crippen molar-refractivity contribution in [1.29, 1.82) is 0 Å². The molecule has 1 fully saturated rings. The highest BCUT2D eigenvalue weighted by Crippen LogP contribution is 2.40. The first-order valence-corrected chi connectivity index (χ1v) is 9.10. The van der Waals surface area contributed by atoms with Crippen molar-refractivity contribution < 1.29 is 18.5 Å². The van der Waals surface area contributed by atoms with Gasteiger partial charge in [0.1, 0.15) is 11.6 Å². The maximum atomic E-state index is 14.3. The first kappa shape index (κ1) is 18.3. The number of halogens is 2. The number of hydrogen-bond acceptors (Lipinski definition) is 3. The molecular formula is C21H18F2N2O3. The van der Waals surface area contributed by atoms with Gasteiger partial charge in [0.25, 0.3) is 11.9 Å². The van der Waals surface area contributed by atoms with Crippen molar-refractivity contribution in [3.63, 3.8) is 0 Å². The normalized spacial score (nSPS) is 20.0. The lowest BCUT2D eigenvalue weighted by molar-refractivity contribution is -0.513. The Balaban J connectivity index is 1.73. The minimum atomic E-state index is -1.30. The fraction of sp³-hybridized carbons (Fsp3) is 0.286. The van der Waals surface area contributed by atoms with Crippen molar-refractivity contribution in [3.8, 4) is 0 Å². The molecule has 0 spiro atoms. The number of hydrogen-bond donors (Lipinski definition) is 0. The van der Waals surface area contributed by atoms with E-state index in [1.54, 1.807) is 18.2 Å². The van der Waals surface area contributed by atoms with Crippen LogP contribution in [0.5, 0.6) is 0 Å². The van der Waals surface area contributed by atoms with Crippen molar-refractivity contribution in [3.05, 3.63) is 87.5 Å². The van der Waals surface area contributed by atoms with Crippen molar-refractivity contribution in [2.24, 2.45) is 5.92 Å². The quantitative estimate of drug-likeness (QED) is 0.578. The van der Waals surface area contributed by atoms with Crippen LogP contribution in [-0.2, 0) is 4.79 Å². The number of carbonyl (C=O) groups excluding carboxylic acids is 1. The van der Waals surface area contributed by atoms with E-state index >= 15 is 0 Å². The molecule has 144 valence electrons. The molecule has 1 aliphatic heterocycles. The Hall–Kier alpha value is -3.09. The van der Waals surface area contributed by atoms with E-state index in [1.807, 2.05) is 18.2 Å². The average Bonchev–Trinajstić information content (AvgIpc) is 3.40. The molecule has 0 saturated heterocycles.